The van der Waals surface area contributed by atoms with Crippen molar-refractivity contribution in [2.24, 2.45) is 0 Å². The molecular weight excluding hydrogens is 332 g/mol. The van der Waals surface area contributed by atoms with Crippen LogP contribution in [0, 0.1) is 6.92 Å². The lowest BCUT2D eigenvalue weighted by Gasteiger charge is -2.13. The van der Waals surface area contributed by atoms with Crippen molar-refractivity contribution >= 4 is 40.6 Å². The Morgan fingerprint density at radius 2 is 2.09 bits per heavy atom. The third kappa shape index (κ3) is 3.33. The number of thioether (sulfide) groups is 1. The van der Waals surface area contributed by atoms with Crippen molar-refractivity contribution in [1.82, 2.24) is 14.6 Å². The number of fused-ring (bicyclic) bond motifs is 1. The monoisotopic (exact) mass is 346 g/mol. The number of amides is 1. The van der Waals surface area contributed by atoms with Gasteiger partial charge in [0.05, 0.1) is 5.25 Å². The van der Waals surface area contributed by atoms with E-state index in [1.54, 1.807) is 6.07 Å². The highest BCUT2D eigenvalue weighted by Gasteiger charge is 2.18. The largest absolute Gasteiger partial charge is 0.325 e. The highest BCUT2D eigenvalue weighted by Crippen LogP contribution is 2.26. The molecule has 0 fully saturated rings. The molecule has 0 aliphatic rings. The third-order valence-electron chi connectivity index (χ3n) is 3.46. The van der Waals surface area contributed by atoms with Gasteiger partial charge in [-0.05, 0) is 43.7 Å². The number of aromatic nitrogens is 3. The number of hydrogen-bond acceptors (Lipinski definition) is 4. The molecule has 118 valence electrons. The molecule has 0 saturated heterocycles. The van der Waals surface area contributed by atoms with E-state index in [0.717, 1.165) is 16.9 Å². The molecule has 0 aliphatic heterocycles. The van der Waals surface area contributed by atoms with E-state index < -0.39 is 0 Å². The SMILES string of the molecule is Cc1c(Cl)cccc1NC(=O)[C@H](C)Sc1nnc2ccccn12. The van der Waals surface area contributed by atoms with E-state index in [9.17, 15) is 4.79 Å². The summed E-state index contributed by atoms with van der Waals surface area (Å²) in [6.45, 7) is 3.71. The van der Waals surface area contributed by atoms with E-state index in [-0.39, 0.29) is 11.2 Å². The lowest BCUT2D eigenvalue weighted by molar-refractivity contribution is -0.115. The predicted octanol–water partition coefficient (Wildman–Crippen LogP) is 3.81. The molecule has 2 aromatic heterocycles. The quantitative estimate of drug-likeness (QED) is 0.730. The molecule has 0 bridgehead atoms. The molecule has 3 aromatic rings. The molecule has 0 saturated carbocycles. The van der Waals surface area contributed by atoms with Crippen molar-refractivity contribution in [3.63, 3.8) is 0 Å². The van der Waals surface area contributed by atoms with Gasteiger partial charge in [0.2, 0.25) is 5.91 Å². The zero-order chi connectivity index (χ0) is 16.4. The summed E-state index contributed by atoms with van der Waals surface area (Å²) in [6.07, 6.45) is 1.88. The molecule has 5 nitrogen and oxygen atoms in total. The van der Waals surface area contributed by atoms with Crippen LogP contribution in [-0.2, 0) is 4.79 Å². The van der Waals surface area contributed by atoms with Gasteiger partial charge in [-0.3, -0.25) is 9.20 Å². The van der Waals surface area contributed by atoms with Crippen molar-refractivity contribution in [1.29, 1.82) is 0 Å². The highest BCUT2D eigenvalue weighted by molar-refractivity contribution is 8.00. The Balaban J connectivity index is 1.74. The van der Waals surface area contributed by atoms with Crippen LogP contribution in [0.4, 0.5) is 5.69 Å². The number of benzene rings is 1. The van der Waals surface area contributed by atoms with Gasteiger partial charge >= 0.3 is 0 Å². The Morgan fingerprint density at radius 1 is 1.26 bits per heavy atom. The van der Waals surface area contributed by atoms with Gasteiger partial charge in [-0.15, -0.1) is 10.2 Å². The minimum Gasteiger partial charge on any atom is -0.325 e. The zero-order valence-electron chi connectivity index (χ0n) is 12.7. The van der Waals surface area contributed by atoms with Crippen molar-refractivity contribution < 1.29 is 4.79 Å². The van der Waals surface area contributed by atoms with Crippen LogP contribution in [-0.4, -0.2) is 25.8 Å². The summed E-state index contributed by atoms with van der Waals surface area (Å²) in [6, 6.07) is 11.1. The predicted molar refractivity (Wildman–Crippen MR) is 93.1 cm³/mol. The standard InChI is InChI=1S/C16H15ClN4OS/c1-10-12(17)6-5-7-13(10)18-15(22)11(2)23-16-20-19-14-8-3-4-9-21(14)16/h3-9,11H,1-2H3,(H,18,22)/t11-/m0/s1. The molecule has 1 aromatic carbocycles. The number of rotatable bonds is 4. The fraction of sp³-hybridized carbons (Fsp3) is 0.188. The summed E-state index contributed by atoms with van der Waals surface area (Å²) in [7, 11) is 0. The minimum atomic E-state index is -0.319. The first-order valence-corrected chi connectivity index (χ1v) is 8.34. The number of nitrogens with one attached hydrogen (secondary N) is 1. The fourth-order valence-corrected chi connectivity index (χ4v) is 3.10. The first-order valence-electron chi connectivity index (χ1n) is 7.08. The average Bonchev–Trinajstić information content (AvgIpc) is 2.95. The Labute approximate surface area is 143 Å². The molecule has 23 heavy (non-hydrogen) atoms. The Kier molecular flexibility index (Phi) is 4.54. The van der Waals surface area contributed by atoms with Gasteiger partial charge in [0.1, 0.15) is 0 Å². The molecule has 1 amide bonds. The van der Waals surface area contributed by atoms with Gasteiger partial charge in [0.15, 0.2) is 10.8 Å². The van der Waals surface area contributed by atoms with Crippen LogP contribution in [0.15, 0.2) is 47.8 Å². The van der Waals surface area contributed by atoms with E-state index in [1.165, 1.54) is 11.8 Å². The number of halogens is 1. The van der Waals surface area contributed by atoms with Gasteiger partial charge < -0.3 is 5.32 Å². The van der Waals surface area contributed by atoms with Crippen LogP contribution in [0.3, 0.4) is 0 Å². The summed E-state index contributed by atoms with van der Waals surface area (Å²) < 4.78 is 1.86. The molecule has 0 unspecified atom stereocenters. The summed E-state index contributed by atoms with van der Waals surface area (Å²) in [4.78, 5) is 12.4. The molecule has 2 heterocycles. The smallest absolute Gasteiger partial charge is 0.237 e. The maximum absolute atomic E-state index is 12.4. The molecule has 0 radical (unpaired) electrons. The fourth-order valence-electron chi connectivity index (χ4n) is 2.09. The molecule has 0 aliphatic carbocycles. The van der Waals surface area contributed by atoms with Crippen LogP contribution >= 0.6 is 23.4 Å². The second-order valence-electron chi connectivity index (χ2n) is 5.07. The van der Waals surface area contributed by atoms with Crippen LogP contribution in [0.25, 0.3) is 5.65 Å². The number of hydrogen-bond donors (Lipinski definition) is 1. The van der Waals surface area contributed by atoms with E-state index in [1.807, 2.05) is 54.8 Å². The van der Waals surface area contributed by atoms with Crippen molar-refractivity contribution in [2.75, 3.05) is 5.32 Å². The molecule has 1 atom stereocenters. The average molecular weight is 347 g/mol. The molecule has 0 spiro atoms. The number of carbonyl (C=O) groups excluding carboxylic acids is 1. The number of pyridine rings is 1. The summed E-state index contributed by atoms with van der Waals surface area (Å²) in [5.41, 5.74) is 2.34. The van der Waals surface area contributed by atoms with Gasteiger partial charge in [0, 0.05) is 16.9 Å². The Bertz CT molecular complexity index is 864. The van der Waals surface area contributed by atoms with E-state index >= 15 is 0 Å². The van der Waals surface area contributed by atoms with Crippen LogP contribution < -0.4 is 5.32 Å². The Morgan fingerprint density at radius 3 is 2.91 bits per heavy atom. The van der Waals surface area contributed by atoms with Crippen molar-refractivity contribution in [3.05, 3.63) is 53.2 Å². The lowest BCUT2D eigenvalue weighted by atomic mass is 10.2. The zero-order valence-corrected chi connectivity index (χ0v) is 14.2. The molecule has 3 rings (SSSR count). The summed E-state index contributed by atoms with van der Waals surface area (Å²) in [5.74, 6) is -0.104. The summed E-state index contributed by atoms with van der Waals surface area (Å²) in [5, 5.41) is 12.1. The van der Waals surface area contributed by atoms with Crippen molar-refractivity contribution in [3.8, 4) is 0 Å². The first-order chi connectivity index (χ1) is 11.1. The van der Waals surface area contributed by atoms with Crippen LogP contribution in [0.1, 0.15) is 12.5 Å². The van der Waals surface area contributed by atoms with Gasteiger partial charge in [-0.25, -0.2) is 0 Å². The maximum Gasteiger partial charge on any atom is 0.237 e. The van der Waals surface area contributed by atoms with E-state index in [4.69, 9.17) is 11.6 Å². The number of carbonyl (C=O) groups is 1. The number of nitrogens with zero attached hydrogens (tertiary/aromatic N) is 3. The van der Waals surface area contributed by atoms with Crippen molar-refractivity contribution in [2.45, 2.75) is 24.3 Å². The second-order valence-corrected chi connectivity index (χ2v) is 6.79. The van der Waals surface area contributed by atoms with Gasteiger partial charge in [-0.1, -0.05) is 35.5 Å². The second kappa shape index (κ2) is 6.60. The molecular formula is C16H15ClN4OS. The molecule has 7 heteroatoms. The molecule has 1 N–H and O–H groups in total. The normalized spacial score (nSPS) is 12.3. The van der Waals surface area contributed by atoms with Crippen LogP contribution in [0.2, 0.25) is 5.02 Å². The van der Waals surface area contributed by atoms with Gasteiger partial charge in [0.25, 0.3) is 0 Å². The maximum atomic E-state index is 12.4. The van der Waals surface area contributed by atoms with Gasteiger partial charge in [-0.2, -0.15) is 0 Å². The number of anilines is 1. The third-order valence-corrected chi connectivity index (χ3v) is 4.93. The minimum absolute atomic E-state index is 0.104. The van der Waals surface area contributed by atoms with E-state index in [0.29, 0.717) is 10.2 Å². The first kappa shape index (κ1) is 15.8. The summed E-state index contributed by atoms with van der Waals surface area (Å²) >= 11 is 7.44. The van der Waals surface area contributed by atoms with E-state index in [2.05, 4.69) is 15.5 Å². The Hall–Kier alpha value is -2.05. The highest BCUT2D eigenvalue weighted by atomic mass is 35.5. The lowest BCUT2D eigenvalue weighted by Crippen LogP contribution is -2.23. The van der Waals surface area contributed by atoms with Crippen LogP contribution in [0.5, 0.6) is 0 Å². The topological polar surface area (TPSA) is 59.3 Å².